The molecule has 3 aromatic rings. The lowest BCUT2D eigenvalue weighted by molar-refractivity contribution is -0.113. The molecule has 0 unspecified atom stereocenters. The standard InChI is InChI=1S/C27H26FN3O3S/c1-18-15-23(19(2)30(18)13-14-34-3)25(32)17-35-27-29-24(16-20-7-5-4-6-8-20)26(33)31(27)22-11-9-21(28)10-12-22/h4-12,15-16H,13-14,17H2,1-3H3/b24-16-. The van der Waals surface area contributed by atoms with Crippen LogP contribution in [0.4, 0.5) is 10.1 Å². The molecular formula is C27H26FN3O3S. The third-order valence-electron chi connectivity index (χ3n) is 5.74. The number of nitrogens with zero attached hydrogens (tertiary/aromatic N) is 3. The van der Waals surface area contributed by atoms with Gasteiger partial charge in [0.15, 0.2) is 11.0 Å². The molecule has 2 aromatic carbocycles. The van der Waals surface area contributed by atoms with E-state index in [0.29, 0.717) is 29.6 Å². The maximum Gasteiger partial charge on any atom is 0.283 e. The fraction of sp³-hybridized carbons (Fsp3) is 0.222. The maximum absolute atomic E-state index is 13.5. The van der Waals surface area contributed by atoms with Gasteiger partial charge >= 0.3 is 0 Å². The summed E-state index contributed by atoms with van der Waals surface area (Å²) in [6.07, 6.45) is 1.71. The highest BCUT2D eigenvalue weighted by Gasteiger charge is 2.32. The van der Waals surface area contributed by atoms with E-state index in [1.165, 1.54) is 40.9 Å². The number of halogens is 1. The minimum Gasteiger partial charge on any atom is -0.383 e. The van der Waals surface area contributed by atoms with Gasteiger partial charge in [-0.3, -0.25) is 14.5 Å². The Morgan fingerprint density at radius 3 is 2.51 bits per heavy atom. The molecule has 35 heavy (non-hydrogen) atoms. The number of aryl methyl sites for hydroxylation is 1. The van der Waals surface area contributed by atoms with Gasteiger partial charge in [0.1, 0.15) is 11.5 Å². The average Bonchev–Trinajstić information content (AvgIpc) is 3.32. The summed E-state index contributed by atoms with van der Waals surface area (Å²) in [5.41, 5.74) is 4.10. The Morgan fingerprint density at radius 2 is 1.83 bits per heavy atom. The molecule has 0 saturated carbocycles. The second-order valence-electron chi connectivity index (χ2n) is 8.09. The zero-order chi connectivity index (χ0) is 24.9. The summed E-state index contributed by atoms with van der Waals surface area (Å²) >= 11 is 1.19. The third-order valence-corrected chi connectivity index (χ3v) is 6.68. The quantitative estimate of drug-likeness (QED) is 0.319. The van der Waals surface area contributed by atoms with Crippen molar-refractivity contribution in [2.45, 2.75) is 20.4 Å². The second kappa shape index (κ2) is 10.8. The molecule has 0 radical (unpaired) electrons. The minimum atomic E-state index is -0.398. The van der Waals surface area contributed by atoms with Gasteiger partial charge in [0.05, 0.1) is 18.0 Å². The second-order valence-corrected chi connectivity index (χ2v) is 9.04. The maximum atomic E-state index is 13.5. The first-order valence-corrected chi connectivity index (χ1v) is 12.1. The van der Waals surface area contributed by atoms with Gasteiger partial charge in [0, 0.05) is 30.6 Å². The van der Waals surface area contributed by atoms with Gasteiger partial charge in [0.25, 0.3) is 5.91 Å². The average molecular weight is 492 g/mol. The van der Waals surface area contributed by atoms with Gasteiger partial charge in [-0.2, -0.15) is 0 Å². The molecule has 2 heterocycles. The first-order chi connectivity index (χ1) is 16.9. The number of rotatable bonds is 8. The number of amides is 1. The molecule has 4 rings (SSSR count). The van der Waals surface area contributed by atoms with Gasteiger partial charge in [-0.25, -0.2) is 9.38 Å². The Bertz CT molecular complexity index is 1300. The van der Waals surface area contributed by atoms with Crippen molar-refractivity contribution < 1.29 is 18.7 Å². The van der Waals surface area contributed by atoms with Gasteiger partial charge in [-0.1, -0.05) is 42.1 Å². The number of aromatic nitrogens is 1. The van der Waals surface area contributed by atoms with E-state index in [0.717, 1.165) is 17.0 Å². The lowest BCUT2D eigenvalue weighted by Crippen LogP contribution is -2.30. The summed E-state index contributed by atoms with van der Waals surface area (Å²) in [6.45, 7) is 5.11. The summed E-state index contributed by atoms with van der Waals surface area (Å²) in [5.74, 6) is -0.669. The van der Waals surface area contributed by atoms with Crippen LogP contribution in [0.25, 0.3) is 6.08 Å². The molecular weight excluding hydrogens is 465 g/mol. The van der Waals surface area contributed by atoms with Gasteiger partial charge in [0.2, 0.25) is 0 Å². The first kappa shape index (κ1) is 24.6. The molecule has 0 bridgehead atoms. The van der Waals surface area contributed by atoms with Crippen molar-refractivity contribution in [1.82, 2.24) is 4.57 Å². The first-order valence-electron chi connectivity index (χ1n) is 11.2. The van der Waals surface area contributed by atoms with Crippen molar-refractivity contribution in [3.8, 4) is 0 Å². The van der Waals surface area contributed by atoms with Crippen LogP contribution in [0.5, 0.6) is 0 Å². The van der Waals surface area contributed by atoms with Crippen molar-refractivity contribution >= 4 is 40.4 Å². The van der Waals surface area contributed by atoms with E-state index in [-0.39, 0.29) is 23.1 Å². The zero-order valence-electron chi connectivity index (χ0n) is 19.8. The fourth-order valence-electron chi connectivity index (χ4n) is 3.94. The Morgan fingerprint density at radius 1 is 1.11 bits per heavy atom. The monoisotopic (exact) mass is 491 g/mol. The summed E-state index contributed by atoms with van der Waals surface area (Å²) in [5, 5.41) is 0.380. The molecule has 6 nitrogen and oxygen atoms in total. The lowest BCUT2D eigenvalue weighted by atomic mass is 10.2. The molecule has 0 fully saturated rings. The fourth-order valence-corrected chi connectivity index (χ4v) is 4.83. The normalized spacial score (nSPS) is 14.6. The predicted octanol–water partition coefficient (Wildman–Crippen LogP) is 5.25. The molecule has 8 heteroatoms. The lowest BCUT2D eigenvalue weighted by Gasteiger charge is -2.17. The zero-order valence-corrected chi connectivity index (χ0v) is 20.6. The van der Waals surface area contributed by atoms with Gasteiger partial charge in [-0.15, -0.1) is 0 Å². The Balaban J connectivity index is 1.59. The van der Waals surface area contributed by atoms with E-state index >= 15 is 0 Å². The summed E-state index contributed by atoms with van der Waals surface area (Å²) < 4.78 is 20.8. The van der Waals surface area contributed by atoms with Crippen molar-refractivity contribution in [3.63, 3.8) is 0 Å². The third kappa shape index (κ3) is 5.44. The number of Topliss-reactive ketones (excluding diaryl/α,β-unsaturated/α-hetero) is 1. The summed E-state index contributed by atoms with van der Waals surface area (Å²) in [4.78, 5) is 32.3. The Kier molecular flexibility index (Phi) is 7.63. The highest BCUT2D eigenvalue weighted by atomic mass is 32.2. The number of methoxy groups -OCH3 is 1. The summed E-state index contributed by atoms with van der Waals surface area (Å²) in [7, 11) is 1.65. The van der Waals surface area contributed by atoms with E-state index in [1.54, 1.807) is 13.2 Å². The van der Waals surface area contributed by atoms with Crippen molar-refractivity contribution in [1.29, 1.82) is 0 Å². The molecule has 1 aliphatic rings. The number of hydrogen-bond donors (Lipinski definition) is 0. The molecule has 0 aliphatic carbocycles. The summed E-state index contributed by atoms with van der Waals surface area (Å²) in [6, 6.07) is 16.9. The van der Waals surface area contributed by atoms with Crippen LogP contribution in [-0.4, -0.2) is 40.9 Å². The van der Waals surface area contributed by atoms with E-state index in [4.69, 9.17) is 4.74 Å². The number of ketones is 1. The predicted molar refractivity (Wildman–Crippen MR) is 138 cm³/mol. The molecule has 0 atom stereocenters. The van der Waals surface area contributed by atoms with Gasteiger partial charge < -0.3 is 9.30 Å². The number of thioether (sulfide) groups is 1. The van der Waals surface area contributed by atoms with Crippen molar-refractivity contribution in [2.24, 2.45) is 4.99 Å². The number of carbonyl (C=O) groups is 2. The number of aliphatic imine (C=N–C) groups is 1. The van der Waals surface area contributed by atoms with Crippen molar-refractivity contribution in [3.05, 3.63) is 94.7 Å². The Hall–Kier alpha value is -3.49. The number of benzene rings is 2. The van der Waals surface area contributed by atoms with E-state index < -0.39 is 5.82 Å². The van der Waals surface area contributed by atoms with Crippen LogP contribution in [0, 0.1) is 19.7 Å². The molecule has 0 saturated heterocycles. The highest BCUT2D eigenvalue weighted by molar-refractivity contribution is 8.14. The van der Waals surface area contributed by atoms with E-state index in [9.17, 15) is 14.0 Å². The number of ether oxygens (including phenoxy) is 1. The SMILES string of the molecule is COCCn1c(C)cc(C(=O)CSC2=N/C(=C\c3ccccc3)C(=O)N2c2ccc(F)cc2)c1C. The Labute approximate surface area is 208 Å². The molecule has 0 spiro atoms. The molecule has 1 aromatic heterocycles. The number of amidine groups is 1. The number of anilines is 1. The number of hydrogen-bond acceptors (Lipinski definition) is 5. The van der Waals surface area contributed by atoms with Crippen LogP contribution in [0.3, 0.4) is 0 Å². The highest BCUT2D eigenvalue weighted by Crippen LogP contribution is 2.30. The molecule has 0 N–H and O–H groups in total. The van der Waals surface area contributed by atoms with Crippen LogP contribution in [0.2, 0.25) is 0 Å². The van der Waals surface area contributed by atoms with Crippen LogP contribution >= 0.6 is 11.8 Å². The van der Waals surface area contributed by atoms with E-state index in [1.807, 2.05) is 50.2 Å². The molecule has 1 amide bonds. The smallest absolute Gasteiger partial charge is 0.283 e. The van der Waals surface area contributed by atoms with Crippen LogP contribution in [0.1, 0.15) is 27.3 Å². The topological polar surface area (TPSA) is 63.9 Å². The molecule has 1 aliphatic heterocycles. The van der Waals surface area contributed by atoms with Crippen LogP contribution in [-0.2, 0) is 16.1 Å². The van der Waals surface area contributed by atoms with Crippen molar-refractivity contribution in [2.75, 3.05) is 24.4 Å². The molecule has 180 valence electrons. The minimum absolute atomic E-state index is 0.0542. The van der Waals surface area contributed by atoms with Crippen LogP contribution < -0.4 is 4.90 Å². The number of carbonyl (C=O) groups excluding carboxylic acids is 2. The van der Waals surface area contributed by atoms with E-state index in [2.05, 4.69) is 9.56 Å². The largest absolute Gasteiger partial charge is 0.383 e. The van der Waals surface area contributed by atoms with Gasteiger partial charge in [-0.05, 0) is 55.8 Å². The van der Waals surface area contributed by atoms with Crippen LogP contribution in [0.15, 0.2) is 71.4 Å².